The van der Waals surface area contributed by atoms with Crippen LogP contribution in [-0.2, 0) is 0 Å². The first-order chi connectivity index (χ1) is 7.16. The van der Waals surface area contributed by atoms with E-state index in [-0.39, 0.29) is 5.56 Å². The molecule has 0 unspecified atom stereocenters. The molecule has 0 aliphatic heterocycles. The summed E-state index contributed by atoms with van der Waals surface area (Å²) in [4.78, 5) is 17.5. The average molecular weight is 204 g/mol. The van der Waals surface area contributed by atoms with E-state index >= 15 is 0 Å². The second kappa shape index (κ2) is 3.65. The van der Waals surface area contributed by atoms with Gasteiger partial charge in [0.25, 0.3) is 5.56 Å². The lowest BCUT2D eigenvalue weighted by Crippen LogP contribution is -2.07. The van der Waals surface area contributed by atoms with Crippen LogP contribution in [0.15, 0.2) is 35.5 Å². The molecule has 0 aliphatic rings. The zero-order valence-corrected chi connectivity index (χ0v) is 8.12. The Bertz CT molecular complexity index is 548. The molecule has 0 aliphatic carbocycles. The number of pyridine rings is 2. The molecule has 76 valence electrons. The lowest BCUT2D eigenvalue weighted by molar-refractivity contribution is 0.622. The van der Waals surface area contributed by atoms with E-state index < -0.39 is 5.82 Å². The zero-order chi connectivity index (χ0) is 10.8. The molecule has 0 radical (unpaired) electrons. The minimum Gasteiger partial charge on any atom is -0.328 e. The molecule has 2 heterocycles. The quantitative estimate of drug-likeness (QED) is 0.770. The molecule has 0 aromatic carbocycles. The highest BCUT2D eigenvalue weighted by Crippen LogP contribution is 2.17. The van der Waals surface area contributed by atoms with Crippen molar-refractivity contribution < 1.29 is 4.39 Å². The molecular weight excluding hydrogens is 195 g/mol. The summed E-state index contributed by atoms with van der Waals surface area (Å²) in [5.74, 6) is -0.392. The summed E-state index contributed by atoms with van der Waals surface area (Å²) in [7, 11) is 0. The fourth-order valence-corrected chi connectivity index (χ4v) is 1.33. The van der Waals surface area contributed by atoms with Gasteiger partial charge in [-0.2, -0.15) is 0 Å². The molecule has 2 aromatic heterocycles. The first-order valence-electron chi connectivity index (χ1n) is 4.47. The van der Waals surface area contributed by atoms with Gasteiger partial charge in [-0.05, 0) is 24.6 Å². The van der Waals surface area contributed by atoms with Crippen LogP contribution in [0.5, 0.6) is 0 Å². The number of H-pyrrole nitrogens is 1. The van der Waals surface area contributed by atoms with Crippen LogP contribution < -0.4 is 5.56 Å². The molecule has 4 heteroatoms. The van der Waals surface area contributed by atoms with Gasteiger partial charge in [-0.15, -0.1) is 0 Å². The van der Waals surface area contributed by atoms with Crippen LogP contribution in [0.1, 0.15) is 5.56 Å². The van der Waals surface area contributed by atoms with Crippen LogP contribution in [0.2, 0.25) is 0 Å². The number of rotatable bonds is 1. The maximum absolute atomic E-state index is 12.9. The number of hydrogen-bond acceptors (Lipinski definition) is 2. The second-order valence-corrected chi connectivity index (χ2v) is 3.29. The molecule has 2 aromatic rings. The Labute approximate surface area is 85.6 Å². The third-order valence-electron chi connectivity index (χ3n) is 2.13. The smallest absolute Gasteiger partial charge is 0.250 e. The molecule has 1 N–H and O–H groups in total. The summed E-state index contributed by atoms with van der Waals surface area (Å²) >= 11 is 0. The number of aryl methyl sites for hydroxylation is 1. The number of halogens is 1. The number of nitrogens with one attached hydrogen (secondary N) is 1. The van der Waals surface area contributed by atoms with Crippen LogP contribution in [0.3, 0.4) is 0 Å². The van der Waals surface area contributed by atoms with E-state index in [0.717, 1.165) is 11.8 Å². The lowest BCUT2D eigenvalue weighted by atomic mass is 10.1. The van der Waals surface area contributed by atoms with Crippen molar-refractivity contribution in [3.8, 4) is 11.1 Å². The van der Waals surface area contributed by atoms with Crippen molar-refractivity contribution in [2.45, 2.75) is 6.92 Å². The molecule has 0 amide bonds. The fraction of sp³-hybridized carbons (Fsp3) is 0.0909. The number of hydrogen-bond donors (Lipinski definition) is 1. The van der Waals surface area contributed by atoms with Gasteiger partial charge in [0.05, 0.1) is 6.20 Å². The second-order valence-electron chi connectivity index (χ2n) is 3.29. The van der Waals surface area contributed by atoms with Crippen LogP contribution in [0.25, 0.3) is 11.1 Å². The Hall–Kier alpha value is -1.97. The van der Waals surface area contributed by atoms with Crippen molar-refractivity contribution in [1.82, 2.24) is 9.97 Å². The van der Waals surface area contributed by atoms with E-state index in [1.165, 1.54) is 6.07 Å². The topological polar surface area (TPSA) is 45.8 Å². The molecule has 2 rings (SSSR count). The summed E-state index contributed by atoms with van der Waals surface area (Å²) in [6.45, 7) is 1.70. The van der Waals surface area contributed by atoms with Crippen molar-refractivity contribution in [2.24, 2.45) is 0 Å². The van der Waals surface area contributed by atoms with E-state index in [0.29, 0.717) is 11.1 Å². The van der Waals surface area contributed by atoms with Gasteiger partial charge in [-0.25, -0.2) is 4.39 Å². The third kappa shape index (κ3) is 1.93. The van der Waals surface area contributed by atoms with E-state index in [1.807, 2.05) is 0 Å². The Kier molecular flexibility index (Phi) is 2.33. The van der Waals surface area contributed by atoms with Gasteiger partial charge in [0, 0.05) is 23.5 Å². The van der Waals surface area contributed by atoms with Crippen molar-refractivity contribution in [2.75, 3.05) is 0 Å². The van der Waals surface area contributed by atoms with Crippen LogP contribution >= 0.6 is 0 Å². The Morgan fingerprint density at radius 2 is 2.07 bits per heavy atom. The summed E-state index contributed by atoms with van der Waals surface area (Å²) in [6.07, 6.45) is 4.24. The zero-order valence-electron chi connectivity index (χ0n) is 8.12. The third-order valence-corrected chi connectivity index (χ3v) is 2.13. The summed E-state index contributed by atoms with van der Waals surface area (Å²) in [5.41, 5.74) is 1.85. The van der Waals surface area contributed by atoms with Gasteiger partial charge in [0.1, 0.15) is 5.82 Å². The molecule has 0 bridgehead atoms. The highest BCUT2D eigenvalue weighted by Gasteiger charge is 2.01. The highest BCUT2D eigenvalue weighted by atomic mass is 19.1. The molecule has 15 heavy (non-hydrogen) atoms. The summed E-state index contributed by atoms with van der Waals surface area (Å²) in [5, 5.41) is 0. The van der Waals surface area contributed by atoms with Crippen LogP contribution in [0, 0.1) is 12.7 Å². The normalized spacial score (nSPS) is 10.3. The van der Waals surface area contributed by atoms with Gasteiger partial charge in [-0.3, -0.25) is 9.78 Å². The Morgan fingerprint density at radius 3 is 2.73 bits per heavy atom. The van der Waals surface area contributed by atoms with Gasteiger partial charge in [-0.1, -0.05) is 0 Å². The van der Waals surface area contributed by atoms with E-state index in [4.69, 9.17) is 0 Å². The Morgan fingerprint density at radius 1 is 1.27 bits per heavy atom. The standard InChI is InChI=1S/C11H9FN2O/c1-7-2-8(5-14-11(7)15)9-3-10(12)6-13-4-9/h2-6H,1H3,(H,14,15). The average Bonchev–Trinajstić information content (AvgIpc) is 2.22. The minimum absolute atomic E-state index is 0.136. The summed E-state index contributed by atoms with van der Waals surface area (Å²) in [6, 6.07) is 3.08. The monoisotopic (exact) mass is 204 g/mol. The van der Waals surface area contributed by atoms with E-state index in [9.17, 15) is 9.18 Å². The Balaban J connectivity index is 2.55. The van der Waals surface area contributed by atoms with Gasteiger partial charge < -0.3 is 4.98 Å². The van der Waals surface area contributed by atoms with E-state index in [2.05, 4.69) is 9.97 Å². The lowest BCUT2D eigenvalue weighted by Gasteiger charge is -2.01. The predicted octanol–water partition coefficient (Wildman–Crippen LogP) is 1.88. The molecule has 0 atom stereocenters. The maximum atomic E-state index is 12.9. The highest BCUT2D eigenvalue weighted by molar-refractivity contribution is 5.61. The van der Waals surface area contributed by atoms with Crippen molar-refractivity contribution in [1.29, 1.82) is 0 Å². The van der Waals surface area contributed by atoms with Crippen molar-refractivity contribution in [3.63, 3.8) is 0 Å². The van der Waals surface area contributed by atoms with Crippen molar-refractivity contribution >= 4 is 0 Å². The number of nitrogens with zero attached hydrogens (tertiary/aromatic N) is 1. The minimum atomic E-state index is -0.392. The molecule has 0 saturated heterocycles. The number of aromatic amines is 1. The maximum Gasteiger partial charge on any atom is 0.250 e. The molecule has 0 fully saturated rings. The molecule has 0 spiro atoms. The predicted molar refractivity (Wildman–Crippen MR) is 55.0 cm³/mol. The largest absolute Gasteiger partial charge is 0.328 e. The van der Waals surface area contributed by atoms with Gasteiger partial charge in [0.15, 0.2) is 0 Å². The summed E-state index contributed by atoms with van der Waals surface area (Å²) < 4.78 is 12.9. The van der Waals surface area contributed by atoms with Crippen LogP contribution in [0.4, 0.5) is 4.39 Å². The molecule has 0 saturated carbocycles. The van der Waals surface area contributed by atoms with Crippen LogP contribution in [-0.4, -0.2) is 9.97 Å². The van der Waals surface area contributed by atoms with Crippen molar-refractivity contribution in [3.05, 3.63) is 52.5 Å². The first kappa shape index (κ1) is 9.58. The fourth-order valence-electron chi connectivity index (χ4n) is 1.33. The molecular formula is C11H9FN2O. The van der Waals surface area contributed by atoms with Gasteiger partial charge in [0.2, 0.25) is 0 Å². The molecule has 3 nitrogen and oxygen atoms in total. The number of aromatic nitrogens is 2. The van der Waals surface area contributed by atoms with E-state index in [1.54, 1.807) is 25.4 Å². The SMILES string of the molecule is Cc1cc(-c2cncc(F)c2)c[nH]c1=O. The van der Waals surface area contributed by atoms with Gasteiger partial charge >= 0.3 is 0 Å². The first-order valence-corrected chi connectivity index (χ1v) is 4.47.